The highest BCUT2D eigenvalue weighted by molar-refractivity contribution is 6.23. The highest BCUT2D eigenvalue weighted by atomic mass is 16.5. The standard InChI is InChI=1S/C19H20N2O3/c1-3-24-17-7-5-4-6-15(17)20-16-12-18(22)21(19(16)23)14-10-8-13(2)9-11-14/h4-11,16,20H,3,12H2,1-2H3. The Morgan fingerprint density at radius 3 is 2.54 bits per heavy atom. The Morgan fingerprint density at radius 1 is 1.12 bits per heavy atom. The van der Waals surface area contributed by atoms with Crippen LogP contribution in [0.1, 0.15) is 18.9 Å². The highest BCUT2D eigenvalue weighted by Gasteiger charge is 2.39. The Bertz CT molecular complexity index is 755. The molecular weight excluding hydrogens is 304 g/mol. The first-order chi connectivity index (χ1) is 11.6. The number of aryl methyl sites for hydroxylation is 1. The fraction of sp³-hybridized carbons (Fsp3) is 0.263. The molecule has 124 valence electrons. The first-order valence-electron chi connectivity index (χ1n) is 8.02. The average molecular weight is 324 g/mol. The third-order valence-corrected chi connectivity index (χ3v) is 3.96. The van der Waals surface area contributed by atoms with Gasteiger partial charge in [-0.2, -0.15) is 0 Å². The predicted octanol–water partition coefficient (Wildman–Crippen LogP) is 3.14. The van der Waals surface area contributed by atoms with E-state index in [-0.39, 0.29) is 18.2 Å². The minimum Gasteiger partial charge on any atom is -0.492 e. The molecule has 24 heavy (non-hydrogen) atoms. The monoisotopic (exact) mass is 324 g/mol. The summed E-state index contributed by atoms with van der Waals surface area (Å²) in [5.41, 5.74) is 2.41. The van der Waals surface area contributed by atoms with Gasteiger partial charge >= 0.3 is 0 Å². The molecule has 5 nitrogen and oxygen atoms in total. The van der Waals surface area contributed by atoms with E-state index in [1.165, 1.54) is 4.90 Å². The molecule has 0 aliphatic carbocycles. The van der Waals surface area contributed by atoms with E-state index in [0.717, 1.165) is 11.3 Å². The summed E-state index contributed by atoms with van der Waals surface area (Å²) < 4.78 is 5.56. The maximum absolute atomic E-state index is 12.7. The maximum Gasteiger partial charge on any atom is 0.256 e. The summed E-state index contributed by atoms with van der Waals surface area (Å²) in [7, 11) is 0. The van der Waals surface area contributed by atoms with Crippen LogP contribution in [0.15, 0.2) is 48.5 Å². The van der Waals surface area contributed by atoms with Crippen LogP contribution in [-0.4, -0.2) is 24.5 Å². The van der Waals surface area contributed by atoms with Crippen LogP contribution in [0.2, 0.25) is 0 Å². The van der Waals surface area contributed by atoms with Crippen LogP contribution in [0.5, 0.6) is 5.75 Å². The summed E-state index contributed by atoms with van der Waals surface area (Å²) in [6.45, 7) is 4.40. The Labute approximate surface area is 141 Å². The van der Waals surface area contributed by atoms with Crippen molar-refractivity contribution < 1.29 is 14.3 Å². The molecule has 1 atom stereocenters. The molecule has 1 fully saturated rings. The third kappa shape index (κ3) is 3.11. The van der Waals surface area contributed by atoms with E-state index in [1.54, 1.807) is 12.1 Å². The lowest BCUT2D eigenvalue weighted by Gasteiger charge is -2.17. The SMILES string of the molecule is CCOc1ccccc1NC1CC(=O)N(c2ccc(C)cc2)C1=O. The molecule has 2 aromatic carbocycles. The quantitative estimate of drug-likeness (QED) is 0.859. The maximum atomic E-state index is 12.7. The minimum atomic E-state index is -0.583. The number of nitrogens with zero attached hydrogens (tertiary/aromatic N) is 1. The van der Waals surface area contributed by atoms with Gasteiger partial charge in [-0.15, -0.1) is 0 Å². The smallest absolute Gasteiger partial charge is 0.256 e. The number of amides is 2. The topological polar surface area (TPSA) is 58.6 Å². The Kier molecular flexibility index (Phi) is 4.51. The fourth-order valence-electron chi connectivity index (χ4n) is 2.76. The second kappa shape index (κ2) is 6.74. The largest absolute Gasteiger partial charge is 0.492 e. The molecule has 2 amide bonds. The lowest BCUT2D eigenvalue weighted by molar-refractivity contribution is -0.121. The van der Waals surface area contributed by atoms with Crippen molar-refractivity contribution in [2.24, 2.45) is 0 Å². The van der Waals surface area contributed by atoms with E-state index in [9.17, 15) is 9.59 Å². The molecule has 0 aromatic heterocycles. The van der Waals surface area contributed by atoms with Gasteiger partial charge in [0.05, 0.1) is 24.4 Å². The van der Waals surface area contributed by atoms with Crippen LogP contribution < -0.4 is 15.0 Å². The zero-order valence-electron chi connectivity index (χ0n) is 13.8. The van der Waals surface area contributed by atoms with E-state index in [2.05, 4.69) is 5.32 Å². The lowest BCUT2D eigenvalue weighted by atomic mass is 10.2. The molecule has 3 rings (SSSR count). The normalized spacial score (nSPS) is 17.2. The first-order valence-corrected chi connectivity index (χ1v) is 8.02. The van der Waals surface area contributed by atoms with Crippen molar-refractivity contribution in [3.8, 4) is 5.75 Å². The third-order valence-electron chi connectivity index (χ3n) is 3.96. The number of rotatable bonds is 5. The van der Waals surface area contributed by atoms with Gasteiger partial charge in [0.1, 0.15) is 11.8 Å². The van der Waals surface area contributed by atoms with Gasteiger partial charge < -0.3 is 10.1 Å². The van der Waals surface area contributed by atoms with E-state index < -0.39 is 6.04 Å². The van der Waals surface area contributed by atoms with Gasteiger partial charge in [0.25, 0.3) is 5.91 Å². The van der Waals surface area contributed by atoms with Gasteiger partial charge in [-0.3, -0.25) is 9.59 Å². The zero-order chi connectivity index (χ0) is 17.1. The van der Waals surface area contributed by atoms with Crippen molar-refractivity contribution in [1.82, 2.24) is 0 Å². The van der Waals surface area contributed by atoms with Crippen LogP contribution in [0.3, 0.4) is 0 Å². The number of imide groups is 1. The van der Waals surface area contributed by atoms with Crippen LogP contribution in [-0.2, 0) is 9.59 Å². The second-order valence-corrected chi connectivity index (χ2v) is 5.73. The summed E-state index contributed by atoms with van der Waals surface area (Å²) in [5, 5.41) is 3.15. The molecule has 1 saturated heterocycles. The number of anilines is 2. The van der Waals surface area contributed by atoms with Gasteiger partial charge in [-0.1, -0.05) is 29.8 Å². The molecule has 0 radical (unpaired) electrons. The van der Waals surface area contributed by atoms with E-state index in [0.29, 0.717) is 18.0 Å². The van der Waals surface area contributed by atoms with Crippen molar-refractivity contribution in [3.63, 3.8) is 0 Å². The molecule has 0 bridgehead atoms. The minimum absolute atomic E-state index is 0.132. The molecule has 2 aromatic rings. The van der Waals surface area contributed by atoms with Gasteiger partial charge in [0.15, 0.2) is 0 Å². The van der Waals surface area contributed by atoms with Crippen LogP contribution in [0, 0.1) is 6.92 Å². The molecule has 1 heterocycles. The highest BCUT2D eigenvalue weighted by Crippen LogP contribution is 2.29. The van der Waals surface area contributed by atoms with Crippen LogP contribution in [0.4, 0.5) is 11.4 Å². The van der Waals surface area contributed by atoms with Gasteiger partial charge in [-0.05, 0) is 38.1 Å². The van der Waals surface area contributed by atoms with Gasteiger partial charge in [0.2, 0.25) is 5.91 Å². The second-order valence-electron chi connectivity index (χ2n) is 5.73. The fourth-order valence-corrected chi connectivity index (χ4v) is 2.76. The molecule has 1 N–H and O–H groups in total. The summed E-state index contributed by atoms with van der Waals surface area (Å²) in [4.78, 5) is 26.2. The Balaban J connectivity index is 1.81. The first kappa shape index (κ1) is 16.1. The lowest BCUT2D eigenvalue weighted by Crippen LogP contribution is -2.34. The van der Waals surface area contributed by atoms with Crippen molar-refractivity contribution >= 4 is 23.2 Å². The molecule has 0 spiro atoms. The number of para-hydroxylation sites is 2. The average Bonchev–Trinajstić information content (AvgIpc) is 2.85. The summed E-state index contributed by atoms with van der Waals surface area (Å²) >= 11 is 0. The Hall–Kier alpha value is -2.82. The molecule has 1 aliphatic rings. The number of nitrogens with one attached hydrogen (secondary N) is 1. The number of hydrogen-bond acceptors (Lipinski definition) is 4. The van der Waals surface area contributed by atoms with E-state index >= 15 is 0 Å². The van der Waals surface area contributed by atoms with E-state index in [1.807, 2.05) is 50.2 Å². The van der Waals surface area contributed by atoms with Crippen molar-refractivity contribution in [2.45, 2.75) is 26.3 Å². The number of carbonyl (C=O) groups excluding carboxylic acids is 2. The Morgan fingerprint density at radius 2 is 1.83 bits per heavy atom. The van der Waals surface area contributed by atoms with Gasteiger partial charge in [0, 0.05) is 0 Å². The number of hydrogen-bond donors (Lipinski definition) is 1. The summed E-state index contributed by atoms with van der Waals surface area (Å²) in [6.07, 6.45) is 0.132. The zero-order valence-corrected chi connectivity index (χ0v) is 13.8. The summed E-state index contributed by atoms with van der Waals surface area (Å²) in [6, 6.07) is 14.2. The summed E-state index contributed by atoms with van der Waals surface area (Å²) in [5.74, 6) is 0.236. The van der Waals surface area contributed by atoms with Crippen molar-refractivity contribution in [1.29, 1.82) is 0 Å². The number of carbonyl (C=O) groups is 2. The van der Waals surface area contributed by atoms with Crippen molar-refractivity contribution in [2.75, 3.05) is 16.8 Å². The van der Waals surface area contributed by atoms with Gasteiger partial charge in [-0.25, -0.2) is 4.90 Å². The molecule has 0 saturated carbocycles. The van der Waals surface area contributed by atoms with Crippen LogP contribution >= 0.6 is 0 Å². The molecule has 1 unspecified atom stereocenters. The van der Waals surface area contributed by atoms with Crippen molar-refractivity contribution in [3.05, 3.63) is 54.1 Å². The van der Waals surface area contributed by atoms with E-state index in [4.69, 9.17) is 4.74 Å². The van der Waals surface area contributed by atoms with Crippen LogP contribution in [0.25, 0.3) is 0 Å². The molecule has 1 aliphatic heterocycles. The predicted molar refractivity (Wildman–Crippen MR) is 93.3 cm³/mol. The molecular formula is C19H20N2O3. The number of benzene rings is 2. The molecule has 5 heteroatoms. The number of ether oxygens (including phenoxy) is 1.